The van der Waals surface area contributed by atoms with Gasteiger partial charge >= 0.3 is 0 Å². The Bertz CT molecular complexity index is 623. The van der Waals surface area contributed by atoms with E-state index in [1.54, 1.807) is 24.3 Å². The monoisotopic (exact) mass is 384 g/mol. The molecule has 9 heteroatoms. The van der Waals surface area contributed by atoms with Crippen molar-refractivity contribution in [3.05, 3.63) is 29.3 Å². The molecule has 1 aromatic carbocycles. The summed E-state index contributed by atoms with van der Waals surface area (Å²) in [5.41, 5.74) is 5.57. The molecule has 25 heavy (non-hydrogen) atoms. The number of carbonyl (C=O) groups excluding carboxylic acids is 2. The summed E-state index contributed by atoms with van der Waals surface area (Å²) in [5.74, 6) is -0.627. The van der Waals surface area contributed by atoms with Gasteiger partial charge in [-0.15, -0.1) is 0 Å². The fraction of sp³-hybridized carbons (Fsp3) is 0.438. The molecule has 0 spiro atoms. The molecule has 0 unspecified atom stereocenters. The predicted molar refractivity (Wildman–Crippen MR) is 100 cm³/mol. The van der Waals surface area contributed by atoms with Gasteiger partial charge in [0.1, 0.15) is 0 Å². The minimum atomic E-state index is -0.337. The highest BCUT2D eigenvalue weighted by atomic mass is 35.5. The number of hydrazine groups is 1. The topological polar surface area (TPSA) is 91.5 Å². The molecular weight excluding hydrogens is 364 g/mol. The summed E-state index contributed by atoms with van der Waals surface area (Å²) in [4.78, 5) is 23.6. The van der Waals surface area contributed by atoms with Crippen molar-refractivity contribution < 1.29 is 14.3 Å². The summed E-state index contributed by atoms with van der Waals surface area (Å²) >= 11 is 11.0. The molecule has 7 nitrogen and oxygen atoms in total. The smallest absolute Gasteiger partial charge is 0.238 e. The Morgan fingerprint density at radius 2 is 1.96 bits per heavy atom. The van der Waals surface area contributed by atoms with E-state index in [9.17, 15) is 9.59 Å². The number of anilines is 1. The fourth-order valence-electron chi connectivity index (χ4n) is 2.25. The van der Waals surface area contributed by atoms with E-state index in [0.717, 1.165) is 19.4 Å². The summed E-state index contributed by atoms with van der Waals surface area (Å²) in [7, 11) is 0. The highest BCUT2D eigenvalue weighted by molar-refractivity contribution is 7.80. The van der Waals surface area contributed by atoms with Crippen LogP contribution in [0.25, 0.3) is 0 Å². The van der Waals surface area contributed by atoms with E-state index >= 15 is 0 Å². The lowest BCUT2D eigenvalue weighted by molar-refractivity contribution is -0.124. The van der Waals surface area contributed by atoms with Gasteiger partial charge in [-0.05, 0) is 37.2 Å². The fourth-order valence-corrected chi connectivity index (χ4v) is 2.56. The van der Waals surface area contributed by atoms with Crippen LogP contribution in [0.15, 0.2) is 24.3 Å². The number of hydrogen-bond acceptors (Lipinski definition) is 4. The zero-order chi connectivity index (χ0) is 18.1. The van der Waals surface area contributed by atoms with Crippen molar-refractivity contribution in [2.75, 3.05) is 18.5 Å². The Balaban J connectivity index is 1.59. The minimum Gasteiger partial charge on any atom is -0.376 e. The average Bonchev–Trinajstić information content (AvgIpc) is 3.12. The van der Waals surface area contributed by atoms with Crippen molar-refractivity contribution >= 4 is 46.4 Å². The summed E-state index contributed by atoms with van der Waals surface area (Å²) in [6.07, 6.45) is 2.28. The number of ether oxygens (including phenoxy) is 1. The summed E-state index contributed by atoms with van der Waals surface area (Å²) < 4.78 is 5.46. The van der Waals surface area contributed by atoms with Crippen LogP contribution in [0.3, 0.4) is 0 Å². The number of halogens is 1. The maximum absolute atomic E-state index is 11.8. The molecule has 1 fully saturated rings. The van der Waals surface area contributed by atoms with E-state index in [1.165, 1.54) is 0 Å². The Kier molecular flexibility index (Phi) is 7.90. The first-order chi connectivity index (χ1) is 12.0. The first-order valence-electron chi connectivity index (χ1n) is 8.03. The zero-order valence-corrected chi connectivity index (χ0v) is 15.2. The van der Waals surface area contributed by atoms with Gasteiger partial charge in [-0.1, -0.05) is 23.7 Å². The lowest BCUT2D eigenvalue weighted by Gasteiger charge is -2.14. The molecule has 0 aromatic heterocycles. The van der Waals surface area contributed by atoms with Crippen molar-refractivity contribution in [2.45, 2.75) is 31.8 Å². The lowest BCUT2D eigenvalue weighted by Crippen LogP contribution is -2.48. The van der Waals surface area contributed by atoms with Crippen LogP contribution in [-0.2, 0) is 14.3 Å². The van der Waals surface area contributed by atoms with E-state index in [2.05, 4.69) is 21.5 Å². The third-order valence-electron chi connectivity index (χ3n) is 3.56. The zero-order valence-electron chi connectivity index (χ0n) is 13.6. The van der Waals surface area contributed by atoms with E-state index in [1.807, 2.05) is 0 Å². The predicted octanol–water partition coefficient (Wildman–Crippen LogP) is 1.73. The molecule has 0 aliphatic carbocycles. The van der Waals surface area contributed by atoms with Crippen molar-refractivity contribution in [2.24, 2.45) is 0 Å². The Morgan fingerprint density at radius 1 is 1.20 bits per heavy atom. The first-order valence-corrected chi connectivity index (χ1v) is 8.82. The van der Waals surface area contributed by atoms with E-state index in [4.69, 9.17) is 28.6 Å². The van der Waals surface area contributed by atoms with Crippen LogP contribution in [0.1, 0.15) is 25.7 Å². The van der Waals surface area contributed by atoms with Gasteiger partial charge in [0.25, 0.3) is 0 Å². The van der Waals surface area contributed by atoms with Gasteiger partial charge in [0.05, 0.1) is 16.8 Å². The standard InChI is InChI=1S/C16H21ClN4O3S/c17-12-5-1-2-6-13(12)19-14(22)7-8-15(23)20-21-16(25)18-10-11-4-3-9-24-11/h1-2,5-6,11H,3-4,7-10H2,(H,19,22)(H,20,23)(H2,18,21,25)/t11-/m0/s1. The Labute approximate surface area is 156 Å². The second-order valence-corrected chi connectivity index (χ2v) is 6.36. The molecule has 2 amide bonds. The second-order valence-electron chi connectivity index (χ2n) is 5.55. The number of carbonyl (C=O) groups is 2. The largest absolute Gasteiger partial charge is 0.376 e. The van der Waals surface area contributed by atoms with Crippen molar-refractivity contribution in [3.63, 3.8) is 0 Å². The number of para-hydroxylation sites is 1. The van der Waals surface area contributed by atoms with Gasteiger partial charge in [-0.2, -0.15) is 0 Å². The minimum absolute atomic E-state index is 0.0254. The normalized spacial score (nSPS) is 16.1. The third kappa shape index (κ3) is 7.25. The van der Waals surface area contributed by atoms with E-state index in [-0.39, 0.29) is 30.8 Å². The van der Waals surface area contributed by atoms with Crippen molar-refractivity contribution in [3.8, 4) is 0 Å². The molecule has 136 valence electrons. The van der Waals surface area contributed by atoms with E-state index < -0.39 is 0 Å². The quantitative estimate of drug-likeness (QED) is 0.441. The molecule has 1 heterocycles. The number of nitrogens with one attached hydrogen (secondary N) is 4. The van der Waals surface area contributed by atoms with Crippen LogP contribution in [0.2, 0.25) is 5.02 Å². The van der Waals surface area contributed by atoms with Crippen LogP contribution < -0.4 is 21.5 Å². The van der Waals surface area contributed by atoms with Crippen LogP contribution in [0.5, 0.6) is 0 Å². The number of amides is 2. The Morgan fingerprint density at radius 3 is 2.68 bits per heavy atom. The molecule has 1 aliphatic heterocycles. The van der Waals surface area contributed by atoms with Gasteiger partial charge in [-0.25, -0.2) is 0 Å². The molecule has 4 N–H and O–H groups in total. The van der Waals surface area contributed by atoms with Crippen molar-refractivity contribution in [1.82, 2.24) is 16.2 Å². The molecule has 0 saturated carbocycles. The molecule has 1 aromatic rings. The van der Waals surface area contributed by atoms with Crippen molar-refractivity contribution in [1.29, 1.82) is 0 Å². The van der Waals surface area contributed by atoms with Gasteiger partial charge in [-0.3, -0.25) is 20.4 Å². The molecule has 1 atom stereocenters. The van der Waals surface area contributed by atoms with Crippen LogP contribution in [0, 0.1) is 0 Å². The third-order valence-corrected chi connectivity index (χ3v) is 4.13. The number of hydrogen-bond donors (Lipinski definition) is 4. The average molecular weight is 385 g/mol. The maximum atomic E-state index is 11.8. The van der Waals surface area contributed by atoms with Gasteiger partial charge in [0.2, 0.25) is 11.8 Å². The lowest BCUT2D eigenvalue weighted by atomic mass is 10.2. The van der Waals surface area contributed by atoms with Gasteiger partial charge in [0, 0.05) is 26.0 Å². The van der Waals surface area contributed by atoms with Crippen LogP contribution in [0.4, 0.5) is 5.69 Å². The van der Waals surface area contributed by atoms with Gasteiger partial charge < -0.3 is 15.4 Å². The van der Waals surface area contributed by atoms with Crippen LogP contribution in [-0.4, -0.2) is 36.2 Å². The number of benzene rings is 1. The second kappa shape index (κ2) is 10.2. The molecule has 0 radical (unpaired) electrons. The summed E-state index contributed by atoms with van der Waals surface area (Å²) in [5, 5.41) is 6.39. The molecular formula is C16H21ClN4O3S. The molecule has 1 aliphatic rings. The molecule has 0 bridgehead atoms. The highest BCUT2D eigenvalue weighted by Gasteiger charge is 2.15. The number of rotatable bonds is 6. The molecule has 1 saturated heterocycles. The van der Waals surface area contributed by atoms with E-state index in [0.29, 0.717) is 22.4 Å². The summed E-state index contributed by atoms with van der Waals surface area (Å²) in [6, 6.07) is 6.91. The SMILES string of the molecule is O=C(CCC(=O)Nc1ccccc1Cl)NNC(=S)NC[C@@H]1CCCO1. The van der Waals surface area contributed by atoms with Crippen LogP contribution >= 0.6 is 23.8 Å². The summed E-state index contributed by atoms with van der Waals surface area (Å²) in [6.45, 7) is 1.38. The van der Waals surface area contributed by atoms with Gasteiger partial charge in [0.15, 0.2) is 5.11 Å². The Hall–Kier alpha value is -1.90. The number of thiocarbonyl (C=S) groups is 1. The highest BCUT2D eigenvalue weighted by Crippen LogP contribution is 2.20. The molecule has 2 rings (SSSR count). The first kappa shape index (κ1) is 19.4. The maximum Gasteiger partial charge on any atom is 0.238 e.